The van der Waals surface area contributed by atoms with Crippen LogP contribution in [0.4, 0.5) is 0 Å². The molecule has 0 amide bonds. The van der Waals surface area contributed by atoms with Gasteiger partial charge in [0, 0.05) is 29.9 Å². The molecule has 4 aromatic rings. The minimum Gasteiger partial charge on any atom is -0.489 e. The molecule has 0 unspecified atom stereocenters. The Morgan fingerprint density at radius 3 is 2.53 bits per heavy atom. The normalized spacial score (nSPS) is 13.9. The molecule has 7 heteroatoms. The lowest BCUT2D eigenvalue weighted by atomic mass is 10.2. The standard InChI is InChI=1S/C25H26N4O2.ClH/c30-25-17-23(31-19-20-6-2-1-3-7-20)10-13-28(25)22-8-9-24-21(16-22)18-26-29(24)15-14-27-11-4-5-12-27;/h1-3,6-10,13,16-18H,4-5,11-12,14-15,19H2;1H. The van der Waals surface area contributed by atoms with Gasteiger partial charge in [-0.15, -0.1) is 12.4 Å². The lowest BCUT2D eigenvalue weighted by Crippen LogP contribution is -2.24. The van der Waals surface area contributed by atoms with E-state index in [2.05, 4.69) is 14.7 Å². The lowest BCUT2D eigenvalue weighted by Gasteiger charge is -2.14. The van der Waals surface area contributed by atoms with E-state index in [1.54, 1.807) is 10.8 Å². The van der Waals surface area contributed by atoms with E-state index >= 15 is 0 Å². The third kappa shape index (κ3) is 4.87. The summed E-state index contributed by atoms with van der Waals surface area (Å²) in [7, 11) is 0. The number of hydrogen-bond acceptors (Lipinski definition) is 4. The third-order valence-electron chi connectivity index (χ3n) is 5.87. The molecule has 2 aromatic carbocycles. The highest BCUT2D eigenvalue weighted by Gasteiger charge is 2.12. The molecule has 1 aliphatic rings. The number of hydrogen-bond donors (Lipinski definition) is 0. The van der Waals surface area contributed by atoms with Crippen molar-refractivity contribution in [3.8, 4) is 11.4 Å². The minimum atomic E-state index is -0.119. The Morgan fingerprint density at radius 1 is 0.938 bits per heavy atom. The predicted molar refractivity (Wildman–Crippen MR) is 129 cm³/mol. The van der Waals surface area contributed by atoms with Gasteiger partial charge in [-0.2, -0.15) is 5.10 Å². The molecule has 6 nitrogen and oxygen atoms in total. The van der Waals surface area contributed by atoms with Crippen LogP contribution in [-0.2, 0) is 13.2 Å². The molecule has 0 bridgehead atoms. The van der Waals surface area contributed by atoms with Crippen molar-refractivity contribution in [2.24, 2.45) is 0 Å². The van der Waals surface area contributed by atoms with Crippen molar-refractivity contribution in [1.29, 1.82) is 0 Å². The molecule has 3 heterocycles. The van der Waals surface area contributed by atoms with Crippen molar-refractivity contribution in [3.63, 3.8) is 0 Å². The number of benzene rings is 2. The van der Waals surface area contributed by atoms with Crippen molar-refractivity contribution in [1.82, 2.24) is 19.2 Å². The Hall–Kier alpha value is -3.09. The highest BCUT2D eigenvalue weighted by Crippen LogP contribution is 2.19. The highest BCUT2D eigenvalue weighted by atomic mass is 35.5. The van der Waals surface area contributed by atoms with Gasteiger partial charge in [-0.25, -0.2) is 0 Å². The van der Waals surface area contributed by atoms with Gasteiger partial charge in [-0.1, -0.05) is 30.3 Å². The van der Waals surface area contributed by atoms with Crippen LogP contribution in [0.2, 0.25) is 0 Å². The summed E-state index contributed by atoms with van der Waals surface area (Å²) in [5.74, 6) is 0.570. The van der Waals surface area contributed by atoms with E-state index in [4.69, 9.17) is 4.74 Å². The average Bonchev–Trinajstić information content (AvgIpc) is 3.46. The Balaban J connectivity index is 0.00000245. The number of nitrogens with zero attached hydrogens (tertiary/aromatic N) is 4. The van der Waals surface area contributed by atoms with Crippen molar-refractivity contribution in [2.75, 3.05) is 19.6 Å². The Bertz CT molecular complexity index is 1230. The van der Waals surface area contributed by atoms with Gasteiger partial charge < -0.3 is 9.64 Å². The van der Waals surface area contributed by atoms with Gasteiger partial charge in [-0.05, 0) is 55.8 Å². The quantitative estimate of drug-likeness (QED) is 0.421. The molecule has 1 fully saturated rings. The summed E-state index contributed by atoms with van der Waals surface area (Å²) < 4.78 is 9.47. The zero-order valence-corrected chi connectivity index (χ0v) is 18.7. The number of ether oxygens (including phenoxy) is 1. The van der Waals surface area contributed by atoms with E-state index in [1.807, 2.05) is 60.8 Å². The summed E-state index contributed by atoms with van der Waals surface area (Å²) in [6, 6.07) is 19.3. The van der Waals surface area contributed by atoms with Gasteiger partial charge in [0.1, 0.15) is 12.4 Å². The smallest absolute Gasteiger partial charge is 0.258 e. The number of fused-ring (bicyclic) bond motifs is 1. The summed E-state index contributed by atoms with van der Waals surface area (Å²) in [5.41, 5.74) is 2.87. The van der Waals surface area contributed by atoms with Crippen molar-refractivity contribution in [2.45, 2.75) is 26.0 Å². The molecule has 1 saturated heterocycles. The fourth-order valence-corrected chi connectivity index (χ4v) is 4.15. The Morgan fingerprint density at radius 2 is 1.75 bits per heavy atom. The molecule has 0 aliphatic carbocycles. The third-order valence-corrected chi connectivity index (χ3v) is 5.87. The minimum absolute atomic E-state index is 0. The number of halogens is 1. The molecular weight excluding hydrogens is 424 g/mol. The molecule has 1 aliphatic heterocycles. The fourth-order valence-electron chi connectivity index (χ4n) is 4.15. The van der Waals surface area contributed by atoms with Crippen LogP contribution in [0.5, 0.6) is 5.75 Å². The van der Waals surface area contributed by atoms with E-state index in [1.165, 1.54) is 32.0 Å². The first kappa shape index (κ1) is 22.1. The average molecular weight is 451 g/mol. The van der Waals surface area contributed by atoms with E-state index in [-0.39, 0.29) is 18.0 Å². The number of likely N-dealkylation sites (tertiary alicyclic amines) is 1. The number of rotatable bonds is 7. The summed E-state index contributed by atoms with van der Waals surface area (Å²) in [6.45, 7) is 4.74. The van der Waals surface area contributed by atoms with Gasteiger partial charge in [-0.3, -0.25) is 14.0 Å². The maximum atomic E-state index is 12.7. The summed E-state index contributed by atoms with van der Waals surface area (Å²) >= 11 is 0. The van der Waals surface area contributed by atoms with E-state index in [0.29, 0.717) is 12.4 Å². The first-order valence-corrected chi connectivity index (χ1v) is 10.8. The summed E-state index contributed by atoms with van der Waals surface area (Å²) in [5, 5.41) is 5.60. The van der Waals surface area contributed by atoms with Crippen LogP contribution < -0.4 is 10.3 Å². The molecule has 166 valence electrons. The Kier molecular flexibility index (Phi) is 6.93. The maximum absolute atomic E-state index is 12.7. The second-order valence-electron chi connectivity index (χ2n) is 8.00. The molecule has 0 spiro atoms. The topological polar surface area (TPSA) is 52.3 Å². The monoisotopic (exact) mass is 450 g/mol. The molecule has 5 rings (SSSR count). The van der Waals surface area contributed by atoms with E-state index in [9.17, 15) is 4.79 Å². The molecule has 2 aromatic heterocycles. The van der Waals surface area contributed by atoms with Gasteiger partial charge in [0.15, 0.2) is 0 Å². The van der Waals surface area contributed by atoms with E-state index < -0.39 is 0 Å². The van der Waals surface area contributed by atoms with Crippen LogP contribution in [0.1, 0.15) is 18.4 Å². The Labute approximate surface area is 193 Å². The first-order valence-electron chi connectivity index (χ1n) is 10.8. The van der Waals surface area contributed by atoms with Crippen molar-refractivity contribution < 1.29 is 4.74 Å². The van der Waals surface area contributed by atoms with Crippen LogP contribution in [0.15, 0.2) is 77.9 Å². The SMILES string of the molecule is Cl.O=c1cc(OCc2ccccc2)ccn1-c1ccc2c(cnn2CCN2CCCC2)c1. The number of pyridine rings is 1. The molecule has 0 radical (unpaired) electrons. The zero-order valence-electron chi connectivity index (χ0n) is 17.9. The second kappa shape index (κ2) is 10.0. The summed E-state index contributed by atoms with van der Waals surface area (Å²) in [4.78, 5) is 15.2. The molecule has 0 saturated carbocycles. The van der Waals surface area contributed by atoms with Crippen LogP contribution in [0.25, 0.3) is 16.6 Å². The van der Waals surface area contributed by atoms with Crippen LogP contribution in [0.3, 0.4) is 0 Å². The summed E-state index contributed by atoms with van der Waals surface area (Å²) in [6.07, 6.45) is 6.24. The number of aromatic nitrogens is 3. The largest absolute Gasteiger partial charge is 0.489 e. The zero-order chi connectivity index (χ0) is 21.0. The lowest BCUT2D eigenvalue weighted by molar-refractivity contribution is 0.305. The van der Waals surface area contributed by atoms with Crippen LogP contribution in [0, 0.1) is 0 Å². The van der Waals surface area contributed by atoms with Crippen LogP contribution in [-0.4, -0.2) is 38.9 Å². The van der Waals surface area contributed by atoms with Crippen molar-refractivity contribution in [3.05, 3.63) is 89.0 Å². The van der Waals surface area contributed by atoms with Gasteiger partial charge in [0.05, 0.1) is 18.3 Å². The first-order chi connectivity index (χ1) is 15.3. The van der Waals surface area contributed by atoms with Gasteiger partial charge in [0.2, 0.25) is 0 Å². The predicted octanol–water partition coefficient (Wildman–Crippen LogP) is 4.28. The fraction of sp³-hybridized carbons (Fsp3) is 0.280. The highest BCUT2D eigenvalue weighted by molar-refractivity contribution is 5.85. The molecule has 0 N–H and O–H groups in total. The molecule has 32 heavy (non-hydrogen) atoms. The van der Waals surface area contributed by atoms with Crippen molar-refractivity contribution >= 4 is 23.3 Å². The van der Waals surface area contributed by atoms with E-state index in [0.717, 1.165) is 35.2 Å². The maximum Gasteiger partial charge on any atom is 0.258 e. The van der Waals surface area contributed by atoms with Gasteiger partial charge in [0.25, 0.3) is 5.56 Å². The van der Waals surface area contributed by atoms with Gasteiger partial charge >= 0.3 is 0 Å². The second-order valence-corrected chi connectivity index (χ2v) is 8.00. The molecule has 0 atom stereocenters. The molecular formula is C25H27ClN4O2. The van der Waals surface area contributed by atoms with Crippen LogP contribution >= 0.6 is 12.4 Å².